The van der Waals surface area contributed by atoms with Crippen molar-refractivity contribution in [2.24, 2.45) is 0 Å². The number of carbonyl (C=O) groups excluding carboxylic acids is 1. The molecule has 9 heteroatoms. The number of nitrogens with zero attached hydrogens (tertiary/aromatic N) is 1. The number of quaternary nitrogens is 1. The van der Waals surface area contributed by atoms with Gasteiger partial charge < -0.3 is 28.8 Å². The molecule has 0 aromatic heterocycles. The fourth-order valence-corrected chi connectivity index (χ4v) is 8.08. The van der Waals surface area contributed by atoms with Gasteiger partial charge in [-0.05, 0) is 70.6 Å². The minimum atomic E-state index is -4.60. The van der Waals surface area contributed by atoms with Crippen LogP contribution >= 0.6 is 7.82 Å². The Morgan fingerprint density at radius 1 is 0.548 bits per heavy atom. The van der Waals surface area contributed by atoms with Crippen LogP contribution in [0, 0.1) is 0 Å². The summed E-state index contributed by atoms with van der Waals surface area (Å²) in [7, 11) is 1.23. The van der Waals surface area contributed by atoms with Crippen molar-refractivity contribution in [3.63, 3.8) is 0 Å². The van der Waals surface area contributed by atoms with Crippen LogP contribution in [-0.4, -0.2) is 68.5 Å². The first-order valence-corrected chi connectivity index (χ1v) is 27.5. The van der Waals surface area contributed by atoms with Gasteiger partial charge in [0.05, 0.1) is 39.9 Å². The number of amides is 1. The Bertz CT molecular complexity index is 1150. The number of hydrogen-bond acceptors (Lipinski definition) is 6. The molecular formula is C53H101N2O6P. The van der Waals surface area contributed by atoms with Crippen molar-refractivity contribution < 1.29 is 32.9 Å². The SMILES string of the molecule is CCCCC/C=C\CCCCCCCC(=O)NC(COP(=O)([O-])OCC[N+](C)(C)C)C(O)/C=C/CC/C=C/CC/C=C/CCCCCCCCCCCCCCCCCCCC. The highest BCUT2D eigenvalue weighted by atomic mass is 31.2. The molecule has 0 fully saturated rings. The summed E-state index contributed by atoms with van der Waals surface area (Å²) >= 11 is 0. The molecule has 364 valence electrons. The normalized spacial score (nSPS) is 14.5. The van der Waals surface area contributed by atoms with Crippen LogP contribution in [0.4, 0.5) is 0 Å². The molecule has 8 nitrogen and oxygen atoms in total. The second-order valence-corrected chi connectivity index (χ2v) is 20.3. The summed E-state index contributed by atoms with van der Waals surface area (Å²) in [6, 6.07) is -0.914. The van der Waals surface area contributed by atoms with Crippen LogP contribution in [0.3, 0.4) is 0 Å². The molecule has 0 saturated heterocycles. The van der Waals surface area contributed by atoms with E-state index in [0.717, 1.165) is 64.2 Å². The van der Waals surface area contributed by atoms with Crippen molar-refractivity contribution in [3.05, 3.63) is 48.6 Å². The number of likely N-dealkylation sites (N-methyl/N-ethyl adjacent to an activating group) is 1. The van der Waals surface area contributed by atoms with Crippen molar-refractivity contribution in [2.45, 2.75) is 244 Å². The molecule has 0 radical (unpaired) electrons. The van der Waals surface area contributed by atoms with Gasteiger partial charge in [-0.15, -0.1) is 0 Å². The van der Waals surface area contributed by atoms with E-state index >= 15 is 0 Å². The zero-order chi connectivity index (χ0) is 45.7. The molecule has 1 amide bonds. The molecule has 0 aromatic rings. The van der Waals surface area contributed by atoms with E-state index in [9.17, 15) is 19.4 Å². The third kappa shape index (κ3) is 46.5. The van der Waals surface area contributed by atoms with Gasteiger partial charge in [-0.3, -0.25) is 9.36 Å². The van der Waals surface area contributed by atoms with Gasteiger partial charge in [0, 0.05) is 6.42 Å². The standard InChI is InChI=1S/C53H101N2O6P/c1-6-8-10-12-14-16-18-20-21-22-23-24-25-26-27-28-29-30-31-32-33-34-35-36-38-40-42-44-46-52(56)51(50-61-62(58,59)60-49-48-55(3,4)5)54-53(57)47-45-43-41-39-37-19-17-15-13-11-9-7-2/h15,17,32-33,36,38,44,46,51-52,56H,6-14,16,18-31,34-35,37,39-43,45,47-50H2,1-5H3,(H-,54,57,58,59)/b17-15-,33-32+,38-36+,46-44+. The molecule has 0 rings (SSSR count). The molecule has 2 N–H and O–H groups in total. The molecule has 0 heterocycles. The quantitative estimate of drug-likeness (QED) is 0.0273. The monoisotopic (exact) mass is 893 g/mol. The predicted octanol–water partition coefficient (Wildman–Crippen LogP) is 14.6. The summed E-state index contributed by atoms with van der Waals surface area (Å²) in [5.74, 6) is -0.222. The first kappa shape index (κ1) is 60.5. The number of aliphatic hydroxyl groups excluding tert-OH is 1. The number of hydrogen-bond donors (Lipinski definition) is 2. The Labute approximate surface area is 384 Å². The number of carbonyl (C=O) groups is 1. The molecule has 0 spiro atoms. The highest BCUT2D eigenvalue weighted by molar-refractivity contribution is 7.45. The summed E-state index contributed by atoms with van der Waals surface area (Å²) in [5, 5.41) is 13.8. The van der Waals surface area contributed by atoms with Crippen molar-refractivity contribution in [1.82, 2.24) is 5.32 Å². The minimum Gasteiger partial charge on any atom is -0.756 e. The summed E-state index contributed by atoms with van der Waals surface area (Å²) in [6.07, 6.45) is 57.7. The highest BCUT2D eigenvalue weighted by Crippen LogP contribution is 2.38. The molecule has 3 atom stereocenters. The molecule has 0 aliphatic heterocycles. The third-order valence-electron chi connectivity index (χ3n) is 11.5. The van der Waals surface area contributed by atoms with Gasteiger partial charge in [0.1, 0.15) is 13.2 Å². The number of phosphoric acid groups is 1. The molecule has 62 heavy (non-hydrogen) atoms. The van der Waals surface area contributed by atoms with Gasteiger partial charge in [0.15, 0.2) is 0 Å². The van der Waals surface area contributed by atoms with Crippen LogP contribution in [0.1, 0.15) is 232 Å². The number of phosphoric ester groups is 1. The van der Waals surface area contributed by atoms with E-state index in [4.69, 9.17) is 9.05 Å². The number of nitrogens with one attached hydrogen (secondary N) is 1. The third-order valence-corrected chi connectivity index (χ3v) is 12.5. The lowest BCUT2D eigenvalue weighted by molar-refractivity contribution is -0.870. The Morgan fingerprint density at radius 2 is 0.903 bits per heavy atom. The van der Waals surface area contributed by atoms with Crippen molar-refractivity contribution in [3.8, 4) is 0 Å². The molecule has 0 aliphatic carbocycles. The molecule has 0 aliphatic rings. The van der Waals surface area contributed by atoms with E-state index in [-0.39, 0.29) is 12.5 Å². The topological polar surface area (TPSA) is 108 Å². The van der Waals surface area contributed by atoms with Gasteiger partial charge in [0.25, 0.3) is 7.82 Å². The van der Waals surface area contributed by atoms with E-state index in [1.165, 1.54) is 148 Å². The zero-order valence-corrected chi connectivity index (χ0v) is 42.2. The lowest BCUT2D eigenvalue weighted by Gasteiger charge is -2.29. The summed E-state index contributed by atoms with van der Waals surface area (Å²) in [5.41, 5.74) is 0. The first-order valence-electron chi connectivity index (χ1n) is 26.0. The van der Waals surface area contributed by atoms with E-state index in [1.807, 2.05) is 27.2 Å². The van der Waals surface area contributed by atoms with Crippen LogP contribution in [0.25, 0.3) is 0 Å². The Hall–Kier alpha value is -1.54. The highest BCUT2D eigenvalue weighted by Gasteiger charge is 2.23. The molecule has 0 aromatic carbocycles. The molecule has 3 unspecified atom stereocenters. The fraction of sp³-hybridized carbons (Fsp3) is 0.830. The smallest absolute Gasteiger partial charge is 0.268 e. The fourth-order valence-electron chi connectivity index (χ4n) is 7.36. The molecule has 0 bridgehead atoms. The van der Waals surface area contributed by atoms with Crippen molar-refractivity contribution in [1.29, 1.82) is 0 Å². The minimum absolute atomic E-state index is 0.0115. The average molecular weight is 893 g/mol. The van der Waals surface area contributed by atoms with Gasteiger partial charge in [0.2, 0.25) is 5.91 Å². The van der Waals surface area contributed by atoms with E-state index < -0.39 is 26.6 Å². The lowest BCUT2D eigenvalue weighted by Crippen LogP contribution is -2.45. The summed E-state index contributed by atoms with van der Waals surface area (Å²) < 4.78 is 23.2. The Balaban J connectivity index is 4.26. The second-order valence-electron chi connectivity index (χ2n) is 18.9. The Morgan fingerprint density at radius 3 is 1.34 bits per heavy atom. The number of aliphatic hydroxyl groups is 1. The maximum absolute atomic E-state index is 12.8. The van der Waals surface area contributed by atoms with Crippen LogP contribution < -0.4 is 10.2 Å². The summed E-state index contributed by atoms with van der Waals surface area (Å²) in [6.45, 7) is 4.59. The van der Waals surface area contributed by atoms with Crippen LogP contribution in [0.5, 0.6) is 0 Å². The lowest BCUT2D eigenvalue weighted by atomic mass is 10.0. The van der Waals surface area contributed by atoms with Crippen molar-refractivity contribution >= 4 is 13.7 Å². The van der Waals surface area contributed by atoms with Gasteiger partial charge >= 0.3 is 0 Å². The first-order chi connectivity index (χ1) is 30.0. The van der Waals surface area contributed by atoms with E-state index in [0.29, 0.717) is 17.4 Å². The van der Waals surface area contributed by atoms with Gasteiger partial charge in [-0.25, -0.2) is 0 Å². The average Bonchev–Trinajstić information content (AvgIpc) is 3.23. The summed E-state index contributed by atoms with van der Waals surface area (Å²) in [4.78, 5) is 25.3. The Kier molecular flexibility index (Phi) is 43.5. The van der Waals surface area contributed by atoms with Gasteiger partial charge in [-0.2, -0.15) is 0 Å². The zero-order valence-electron chi connectivity index (χ0n) is 41.3. The van der Waals surface area contributed by atoms with Crippen LogP contribution in [-0.2, 0) is 18.4 Å². The van der Waals surface area contributed by atoms with Crippen molar-refractivity contribution in [2.75, 3.05) is 40.9 Å². The maximum atomic E-state index is 12.8. The predicted molar refractivity (Wildman–Crippen MR) is 265 cm³/mol. The van der Waals surface area contributed by atoms with Crippen LogP contribution in [0.15, 0.2) is 48.6 Å². The van der Waals surface area contributed by atoms with E-state index in [2.05, 4.69) is 55.6 Å². The van der Waals surface area contributed by atoms with Crippen LogP contribution in [0.2, 0.25) is 0 Å². The number of rotatable bonds is 47. The van der Waals surface area contributed by atoms with Gasteiger partial charge in [-0.1, -0.05) is 204 Å². The maximum Gasteiger partial charge on any atom is 0.268 e. The second kappa shape index (κ2) is 44.7. The number of allylic oxidation sites excluding steroid dienone is 7. The number of unbranched alkanes of at least 4 members (excludes halogenated alkanes) is 28. The molecular weight excluding hydrogens is 792 g/mol. The largest absolute Gasteiger partial charge is 0.756 e. The molecule has 0 saturated carbocycles. The van der Waals surface area contributed by atoms with E-state index in [1.54, 1.807) is 6.08 Å².